The normalized spacial score (nSPS) is 10.3. The van der Waals surface area contributed by atoms with Crippen LogP contribution in [0.5, 0.6) is 0 Å². The van der Waals surface area contributed by atoms with Gasteiger partial charge in [-0.05, 0) is 18.2 Å². The maximum atomic E-state index is 5.67. The van der Waals surface area contributed by atoms with Crippen molar-refractivity contribution in [2.75, 3.05) is 5.73 Å². The van der Waals surface area contributed by atoms with Gasteiger partial charge < -0.3 is 10.7 Å². The van der Waals surface area contributed by atoms with Crippen molar-refractivity contribution >= 4 is 17.4 Å². The van der Waals surface area contributed by atoms with Crippen molar-refractivity contribution in [3.8, 4) is 0 Å². The standard InChI is InChI=1S/C10H11N3S/c11-8-2-1-3-10(4-8)14-6-9-5-12-7-13-9/h1-5,7H,6,11H2,(H,12,13). The van der Waals surface area contributed by atoms with E-state index in [-0.39, 0.29) is 0 Å². The van der Waals surface area contributed by atoms with Gasteiger partial charge in [0.05, 0.1) is 6.33 Å². The van der Waals surface area contributed by atoms with Gasteiger partial charge in [0.2, 0.25) is 0 Å². The van der Waals surface area contributed by atoms with Crippen molar-refractivity contribution in [1.29, 1.82) is 0 Å². The number of nitrogens with zero attached hydrogens (tertiary/aromatic N) is 1. The second-order valence-corrected chi connectivity index (χ2v) is 3.99. The number of benzene rings is 1. The first-order valence-corrected chi connectivity index (χ1v) is 5.29. The molecule has 0 aliphatic heterocycles. The van der Waals surface area contributed by atoms with Gasteiger partial charge in [-0.3, -0.25) is 0 Å². The number of anilines is 1. The van der Waals surface area contributed by atoms with Crippen molar-refractivity contribution in [1.82, 2.24) is 9.97 Å². The van der Waals surface area contributed by atoms with Gasteiger partial charge in [0, 0.05) is 28.2 Å². The van der Waals surface area contributed by atoms with Crippen LogP contribution in [-0.4, -0.2) is 9.97 Å². The average Bonchev–Trinajstić information content (AvgIpc) is 2.67. The Hall–Kier alpha value is -1.42. The van der Waals surface area contributed by atoms with E-state index in [1.165, 1.54) is 4.90 Å². The highest BCUT2D eigenvalue weighted by Gasteiger charge is 1.97. The highest BCUT2D eigenvalue weighted by atomic mass is 32.2. The SMILES string of the molecule is Nc1cccc(SCc2cnc[nH]2)c1. The van der Waals surface area contributed by atoms with E-state index in [0.717, 1.165) is 17.1 Å². The van der Waals surface area contributed by atoms with Gasteiger partial charge in [0.25, 0.3) is 0 Å². The minimum absolute atomic E-state index is 0.805. The quantitative estimate of drug-likeness (QED) is 0.597. The van der Waals surface area contributed by atoms with E-state index in [9.17, 15) is 0 Å². The van der Waals surface area contributed by atoms with Crippen LogP contribution >= 0.6 is 11.8 Å². The number of rotatable bonds is 3. The summed E-state index contributed by atoms with van der Waals surface area (Å²) in [7, 11) is 0. The fourth-order valence-corrected chi connectivity index (χ4v) is 2.00. The number of hydrogen-bond acceptors (Lipinski definition) is 3. The van der Waals surface area contributed by atoms with Crippen molar-refractivity contribution in [2.45, 2.75) is 10.6 Å². The van der Waals surface area contributed by atoms with E-state index in [4.69, 9.17) is 5.73 Å². The van der Waals surface area contributed by atoms with Gasteiger partial charge in [-0.2, -0.15) is 0 Å². The van der Waals surface area contributed by atoms with E-state index >= 15 is 0 Å². The van der Waals surface area contributed by atoms with Crippen LogP contribution in [0.4, 0.5) is 5.69 Å². The minimum atomic E-state index is 0.805. The van der Waals surface area contributed by atoms with Gasteiger partial charge >= 0.3 is 0 Å². The summed E-state index contributed by atoms with van der Waals surface area (Å²) in [6.07, 6.45) is 3.52. The highest BCUT2D eigenvalue weighted by molar-refractivity contribution is 7.98. The lowest BCUT2D eigenvalue weighted by Gasteiger charge is -2.00. The Morgan fingerprint density at radius 2 is 2.36 bits per heavy atom. The van der Waals surface area contributed by atoms with Crippen LogP contribution < -0.4 is 5.73 Å². The molecular weight excluding hydrogens is 194 g/mol. The summed E-state index contributed by atoms with van der Waals surface area (Å²) in [6.45, 7) is 0. The number of nitrogen functional groups attached to an aromatic ring is 1. The Balaban J connectivity index is 1.98. The zero-order valence-corrected chi connectivity index (χ0v) is 8.42. The number of hydrogen-bond donors (Lipinski definition) is 2. The van der Waals surface area contributed by atoms with Gasteiger partial charge in [-0.25, -0.2) is 4.98 Å². The number of nitrogens with one attached hydrogen (secondary N) is 1. The summed E-state index contributed by atoms with van der Waals surface area (Å²) in [5, 5.41) is 0. The molecule has 1 aromatic heterocycles. The Morgan fingerprint density at radius 3 is 3.07 bits per heavy atom. The van der Waals surface area contributed by atoms with Crippen LogP contribution in [0.2, 0.25) is 0 Å². The molecule has 2 aromatic rings. The molecule has 0 bridgehead atoms. The lowest BCUT2D eigenvalue weighted by molar-refractivity contribution is 1.22. The first kappa shape index (κ1) is 9.15. The highest BCUT2D eigenvalue weighted by Crippen LogP contribution is 2.23. The van der Waals surface area contributed by atoms with Gasteiger partial charge in [-0.15, -0.1) is 11.8 Å². The lowest BCUT2D eigenvalue weighted by Crippen LogP contribution is -1.84. The molecule has 3 nitrogen and oxygen atoms in total. The van der Waals surface area contributed by atoms with Crippen LogP contribution in [0.3, 0.4) is 0 Å². The molecule has 14 heavy (non-hydrogen) atoms. The average molecular weight is 205 g/mol. The summed E-state index contributed by atoms with van der Waals surface area (Å²) in [5.74, 6) is 0.892. The maximum Gasteiger partial charge on any atom is 0.0921 e. The molecule has 0 fully saturated rings. The van der Waals surface area contributed by atoms with Crippen LogP contribution in [0, 0.1) is 0 Å². The molecule has 0 atom stereocenters. The number of H-pyrrole nitrogens is 1. The third-order valence-electron chi connectivity index (χ3n) is 1.81. The number of nitrogens with two attached hydrogens (primary N) is 1. The van der Waals surface area contributed by atoms with Gasteiger partial charge in [-0.1, -0.05) is 6.07 Å². The van der Waals surface area contributed by atoms with Crippen LogP contribution in [-0.2, 0) is 5.75 Å². The molecule has 0 spiro atoms. The summed E-state index contributed by atoms with van der Waals surface area (Å²) in [4.78, 5) is 8.20. The molecule has 0 saturated heterocycles. The summed E-state index contributed by atoms with van der Waals surface area (Å²) >= 11 is 1.74. The molecule has 0 unspecified atom stereocenters. The van der Waals surface area contributed by atoms with Gasteiger partial charge in [0.15, 0.2) is 0 Å². The Labute approximate surface area is 86.7 Å². The van der Waals surface area contributed by atoms with Crippen molar-refractivity contribution < 1.29 is 0 Å². The fourth-order valence-electron chi connectivity index (χ4n) is 1.13. The Bertz CT molecular complexity index is 398. The maximum absolute atomic E-state index is 5.67. The molecule has 72 valence electrons. The minimum Gasteiger partial charge on any atom is -0.399 e. The van der Waals surface area contributed by atoms with Gasteiger partial charge in [0.1, 0.15) is 0 Å². The first-order chi connectivity index (χ1) is 6.84. The molecule has 4 heteroatoms. The van der Waals surface area contributed by atoms with Crippen molar-refractivity contribution in [3.05, 3.63) is 42.5 Å². The Kier molecular flexibility index (Phi) is 2.74. The number of imidazole rings is 1. The first-order valence-electron chi connectivity index (χ1n) is 4.30. The molecule has 2 rings (SSSR count). The fraction of sp³-hybridized carbons (Fsp3) is 0.100. The molecule has 1 aromatic carbocycles. The lowest BCUT2D eigenvalue weighted by atomic mass is 10.3. The third-order valence-corrected chi connectivity index (χ3v) is 2.85. The zero-order chi connectivity index (χ0) is 9.80. The molecule has 1 heterocycles. The number of aromatic amines is 1. The second kappa shape index (κ2) is 4.19. The summed E-state index contributed by atoms with van der Waals surface area (Å²) in [5.41, 5.74) is 7.60. The Morgan fingerprint density at radius 1 is 1.43 bits per heavy atom. The molecule has 0 aliphatic carbocycles. The van der Waals surface area contributed by atoms with E-state index < -0.39 is 0 Å². The molecule has 0 saturated carbocycles. The van der Waals surface area contributed by atoms with E-state index in [1.807, 2.05) is 24.4 Å². The van der Waals surface area contributed by atoms with E-state index in [2.05, 4.69) is 16.0 Å². The number of aromatic nitrogens is 2. The molecule has 0 aliphatic rings. The largest absolute Gasteiger partial charge is 0.399 e. The topological polar surface area (TPSA) is 54.7 Å². The van der Waals surface area contributed by atoms with Crippen molar-refractivity contribution in [3.63, 3.8) is 0 Å². The van der Waals surface area contributed by atoms with Crippen LogP contribution in [0.1, 0.15) is 5.69 Å². The monoisotopic (exact) mass is 205 g/mol. The molecule has 3 N–H and O–H groups in total. The van der Waals surface area contributed by atoms with Crippen LogP contribution in [0.15, 0.2) is 41.7 Å². The van der Waals surface area contributed by atoms with Crippen LogP contribution in [0.25, 0.3) is 0 Å². The van der Waals surface area contributed by atoms with Crippen molar-refractivity contribution in [2.24, 2.45) is 0 Å². The zero-order valence-electron chi connectivity index (χ0n) is 7.60. The smallest absolute Gasteiger partial charge is 0.0921 e. The van der Waals surface area contributed by atoms with E-state index in [1.54, 1.807) is 18.1 Å². The summed E-state index contributed by atoms with van der Waals surface area (Å²) in [6, 6.07) is 7.88. The predicted molar refractivity (Wildman–Crippen MR) is 59.0 cm³/mol. The molecular formula is C10H11N3S. The number of thioether (sulfide) groups is 1. The molecule has 0 amide bonds. The molecule has 0 radical (unpaired) electrons. The second-order valence-electron chi connectivity index (χ2n) is 2.94. The third kappa shape index (κ3) is 2.29. The summed E-state index contributed by atoms with van der Waals surface area (Å²) < 4.78 is 0. The predicted octanol–water partition coefficient (Wildman–Crippen LogP) is 2.28. The van der Waals surface area contributed by atoms with E-state index in [0.29, 0.717) is 0 Å².